The van der Waals surface area contributed by atoms with Crippen LogP contribution in [-0.2, 0) is 14.8 Å². The van der Waals surface area contributed by atoms with E-state index in [-0.39, 0.29) is 17.2 Å². The van der Waals surface area contributed by atoms with E-state index in [1.54, 1.807) is 19.1 Å². The normalized spacial score (nSPS) is 11.2. The molecule has 7 nitrogen and oxygen atoms in total. The van der Waals surface area contributed by atoms with Gasteiger partial charge in [0.15, 0.2) is 0 Å². The smallest absolute Gasteiger partial charge is 0.264 e. The highest BCUT2D eigenvalue weighted by Crippen LogP contribution is 2.20. The van der Waals surface area contributed by atoms with Crippen LogP contribution in [0.5, 0.6) is 0 Å². The maximum absolute atomic E-state index is 12.0. The Morgan fingerprint density at radius 1 is 1.40 bits per heavy atom. The minimum atomic E-state index is -3.88. The lowest BCUT2D eigenvalue weighted by Gasteiger charge is -2.06. The molecule has 0 unspecified atom stereocenters. The molecule has 20 heavy (non-hydrogen) atoms. The van der Waals surface area contributed by atoms with Gasteiger partial charge < -0.3 is 4.42 Å². The summed E-state index contributed by atoms with van der Waals surface area (Å²) in [7, 11) is -3.88. The first-order valence-electron chi connectivity index (χ1n) is 5.95. The molecule has 0 atom stereocenters. The maximum Gasteiger partial charge on any atom is 0.264 e. The van der Waals surface area contributed by atoms with Gasteiger partial charge in [0.1, 0.15) is 0 Å². The van der Waals surface area contributed by atoms with Gasteiger partial charge in [-0.15, -0.1) is 10.2 Å². The number of aromatic nitrogens is 2. The molecule has 0 saturated heterocycles. The van der Waals surface area contributed by atoms with Crippen LogP contribution in [0.1, 0.15) is 19.8 Å². The number of amides is 1. The zero-order chi connectivity index (χ0) is 14.6. The van der Waals surface area contributed by atoms with Crippen molar-refractivity contribution in [1.82, 2.24) is 14.9 Å². The van der Waals surface area contributed by atoms with Gasteiger partial charge in [0.05, 0.1) is 4.90 Å². The van der Waals surface area contributed by atoms with Crippen molar-refractivity contribution in [2.75, 3.05) is 0 Å². The fraction of sp³-hybridized carbons (Fsp3) is 0.250. The topological polar surface area (TPSA) is 102 Å². The number of nitrogens with zero attached hydrogens (tertiary/aromatic N) is 2. The van der Waals surface area contributed by atoms with E-state index < -0.39 is 15.9 Å². The summed E-state index contributed by atoms with van der Waals surface area (Å²) in [6, 6.07) is 5.94. The van der Waals surface area contributed by atoms with E-state index in [2.05, 4.69) is 10.2 Å². The lowest BCUT2D eigenvalue weighted by Crippen LogP contribution is -2.30. The summed E-state index contributed by atoms with van der Waals surface area (Å²) in [6.45, 7) is 1.79. The Bertz CT molecular complexity index is 695. The Labute approximate surface area is 116 Å². The van der Waals surface area contributed by atoms with Gasteiger partial charge in [0.25, 0.3) is 10.0 Å². The second-order valence-corrected chi connectivity index (χ2v) is 5.73. The maximum atomic E-state index is 12.0. The van der Waals surface area contributed by atoms with Crippen LogP contribution in [0.3, 0.4) is 0 Å². The van der Waals surface area contributed by atoms with Crippen molar-refractivity contribution in [3.63, 3.8) is 0 Å². The van der Waals surface area contributed by atoms with E-state index in [4.69, 9.17) is 4.42 Å². The van der Waals surface area contributed by atoms with Crippen LogP contribution in [0.2, 0.25) is 0 Å². The molecule has 1 N–H and O–H groups in total. The first kappa shape index (κ1) is 14.2. The number of nitrogens with one attached hydrogen (secondary N) is 1. The summed E-state index contributed by atoms with van der Waals surface area (Å²) in [6.07, 6.45) is 1.88. The second kappa shape index (κ2) is 5.83. The second-order valence-electron chi connectivity index (χ2n) is 4.05. The molecule has 2 aromatic rings. The standard InChI is InChI=1S/C12H13N3O4S/c1-2-4-11(16)15-20(17,18)10-6-3-5-9(7-10)12-14-13-8-19-12/h3,5-8H,2,4H2,1H3,(H,15,16). The Hall–Kier alpha value is -2.22. The van der Waals surface area contributed by atoms with Crippen LogP contribution in [0.15, 0.2) is 40.0 Å². The molecular formula is C12H13N3O4S. The molecule has 0 radical (unpaired) electrons. The molecule has 1 aromatic heterocycles. The summed E-state index contributed by atoms with van der Waals surface area (Å²) in [5.74, 6) is -0.322. The van der Waals surface area contributed by atoms with Gasteiger partial charge >= 0.3 is 0 Å². The molecule has 0 spiro atoms. The highest BCUT2D eigenvalue weighted by Gasteiger charge is 2.18. The van der Waals surface area contributed by atoms with Crippen LogP contribution < -0.4 is 4.72 Å². The third-order valence-electron chi connectivity index (χ3n) is 2.48. The van der Waals surface area contributed by atoms with Gasteiger partial charge in [-0.3, -0.25) is 4.79 Å². The predicted octanol–water partition coefficient (Wildman–Crippen LogP) is 1.34. The van der Waals surface area contributed by atoms with E-state index in [1.807, 2.05) is 4.72 Å². The quantitative estimate of drug-likeness (QED) is 0.893. The van der Waals surface area contributed by atoms with E-state index in [0.717, 1.165) is 6.39 Å². The molecule has 106 valence electrons. The number of sulfonamides is 1. The monoisotopic (exact) mass is 295 g/mol. The van der Waals surface area contributed by atoms with Crippen molar-refractivity contribution in [2.24, 2.45) is 0 Å². The van der Waals surface area contributed by atoms with E-state index in [0.29, 0.717) is 12.0 Å². The van der Waals surface area contributed by atoms with Crippen molar-refractivity contribution < 1.29 is 17.6 Å². The van der Waals surface area contributed by atoms with Crippen LogP contribution in [0.25, 0.3) is 11.5 Å². The predicted molar refractivity (Wildman–Crippen MR) is 70.0 cm³/mol. The van der Waals surface area contributed by atoms with Crippen LogP contribution in [0.4, 0.5) is 0 Å². The number of hydrogen-bond acceptors (Lipinski definition) is 6. The molecule has 0 fully saturated rings. The molecule has 1 amide bonds. The SMILES string of the molecule is CCCC(=O)NS(=O)(=O)c1cccc(-c2nnco2)c1. The first-order chi connectivity index (χ1) is 9.53. The number of hydrogen-bond donors (Lipinski definition) is 1. The lowest BCUT2D eigenvalue weighted by molar-refractivity contribution is -0.119. The highest BCUT2D eigenvalue weighted by molar-refractivity contribution is 7.90. The van der Waals surface area contributed by atoms with E-state index in [1.165, 1.54) is 12.1 Å². The third-order valence-corrected chi connectivity index (χ3v) is 3.85. The van der Waals surface area contributed by atoms with Crippen molar-refractivity contribution in [3.05, 3.63) is 30.7 Å². The summed E-state index contributed by atoms with van der Waals surface area (Å²) < 4.78 is 31.1. The average Bonchev–Trinajstić information content (AvgIpc) is 2.92. The zero-order valence-corrected chi connectivity index (χ0v) is 11.6. The van der Waals surface area contributed by atoms with Crippen LogP contribution >= 0.6 is 0 Å². The minimum absolute atomic E-state index is 0.0300. The van der Waals surface area contributed by atoms with Gasteiger partial charge in [-0.05, 0) is 24.6 Å². The Kier molecular flexibility index (Phi) is 4.14. The van der Waals surface area contributed by atoms with Crippen molar-refractivity contribution in [3.8, 4) is 11.5 Å². The molecule has 0 aliphatic rings. The van der Waals surface area contributed by atoms with E-state index >= 15 is 0 Å². The van der Waals surface area contributed by atoms with Gasteiger partial charge in [-0.2, -0.15) is 0 Å². The molecule has 0 aliphatic carbocycles. The molecule has 1 heterocycles. The van der Waals surface area contributed by atoms with Gasteiger partial charge in [-0.1, -0.05) is 13.0 Å². The molecule has 8 heteroatoms. The molecule has 2 rings (SSSR count). The Balaban J connectivity index is 2.29. The molecule has 0 bridgehead atoms. The Morgan fingerprint density at radius 2 is 2.20 bits per heavy atom. The lowest BCUT2D eigenvalue weighted by atomic mass is 10.2. The van der Waals surface area contributed by atoms with Crippen molar-refractivity contribution in [2.45, 2.75) is 24.7 Å². The van der Waals surface area contributed by atoms with Crippen molar-refractivity contribution in [1.29, 1.82) is 0 Å². The molecule has 0 saturated carbocycles. The van der Waals surface area contributed by atoms with Crippen molar-refractivity contribution >= 4 is 15.9 Å². The van der Waals surface area contributed by atoms with Gasteiger partial charge in [-0.25, -0.2) is 13.1 Å². The zero-order valence-electron chi connectivity index (χ0n) is 10.7. The highest BCUT2D eigenvalue weighted by atomic mass is 32.2. The van der Waals surface area contributed by atoms with Gasteiger partial charge in [0, 0.05) is 12.0 Å². The third kappa shape index (κ3) is 3.21. The number of benzene rings is 1. The number of carbonyl (C=O) groups is 1. The minimum Gasteiger partial charge on any atom is -0.423 e. The largest absolute Gasteiger partial charge is 0.423 e. The summed E-state index contributed by atoms with van der Waals surface area (Å²) in [4.78, 5) is 11.4. The first-order valence-corrected chi connectivity index (χ1v) is 7.43. The fourth-order valence-electron chi connectivity index (χ4n) is 1.58. The number of rotatable bonds is 5. The van der Waals surface area contributed by atoms with Crippen LogP contribution in [-0.4, -0.2) is 24.5 Å². The Morgan fingerprint density at radius 3 is 2.85 bits per heavy atom. The van der Waals surface area contributed by atoms with Gasteiger partial charge in [0.2, 0.25) is 18.2 Å². The van der Waals surface area contributed by atoms with E-state index in [9.17, 15) is 13.2 Å². The number of carbonyl (C=O) groups excluding carboxylic acids is 1. The molecule has 1 aromatic carbocycles. The molecule has 0 aliphatic heterocycles. The fourth-order valence-corrected chi connectivity index (χ4v) is 2.64. The average molecular weight is 295 g/mol. The summed E-state index contributed by atoms with van der Waals surface area (Å²) in [5, 5.41) is 7.23. The molecular weight excluding hydrogens is 282 g/mol. The summed E-state index contributed by atoms with van der Waals surface area (Å²) >= 11 is 0. The summed E-state index contributed by atoms with van der Waals surface area (Å²) in [5.41, 5.74) is 0.466. The van der Waals surface area contributed by atoms with Crippen LogP contribution in [0, 0.1) is 0 Å².